The summed E-state index contributed by atoms with van der Waals surface area (Å²) in [5.74, 6) is 1.59. The predicted octanol–water partition coefficient (Wildman–Crippen LogP) is 3.74. The lowest BCUT2D eigenvalue weighted by atomic mass is 10.2. The number of amides is 1. The molecule has 0 radical (unpaired) electrons. The van der Waals surface area contributed by atoms with Gasteiger partial charge in [0, 0.05) is 24.8 Å². The van der Waals surface area contributed by atoms with Crippen molar-refractivity contribution in [3.63, 3.8) is 0 Å². The van der Waals surface area contributed by atoms with Crippen molar-refractivity contribution in [2.75, 3.05) is 29.2 Å². The molecule has 0 spiro atoms. The molecule has 9 nitrogen and oxygen atoms in total. The van der Waals surface area contributed by atoms with Gasteiger partial charge in [-0.2, -0.15) is 0 Å². The average Bonchev–Trinajstić information content (AvgIpc) is 3.44. The van der Waals surface area contributed by atoms with Gasteiger partial charge >= 0.3 is 0 Å². The molecule has 1 N–H and O–H groups in total. The number of fused-ring (bicyclic) bond motifs is 1. The number of nitrogens with zero attached hydrogens (tertiary/aromatic N) is 3. The summed E-state index contributed by atoms with van der Waals surface area (Å²) >= 11 is 2.86. The van der Waals surface area contributed by atoms with E-state index in [4.69, 9.17) is 9.47 Å². The number of sulfonamides is 1. The molecule has 12 heteroatoms. The van der Waals surface area contributed by atoms with Crippen LogP contribution in [0, 0.1) is 0 Å². The van der Waals surface area contributed by atoms with Crippen LogP contribution in [0.15, 0.2) is 52.9 Å². The minimum atomic E-state index is -3.54. The highest BCUT2D eigenvalue weighted by Crippen LogP contribution is 2.36. The van der Waals surface area contributed by atoms with E-state index in [2.05, 4.69) is 15.5 Å². The lowest BCUT2D eigenvalue weighted by molar-refractivity contribution is -0.116. The van der Waals surface area contributed by atoms with E-state index in [1.807, 2.05) is 30.3 Å². The third-order valence-corrected chi connectivity index (χ3v) is 7.90. The second-order valence-electron chi connectivity index (χ2n) is 7.17. The predicted molar refractivity (Wildman–Crippen MR) is 129 cm³/mol. The van der Waals surface area contributed by atoms with Crippen molar-refractivity contribution < 1.29 is 22.7 Å². The largest absolute Gasteiger partial charge is 0.454 e. The number of ether oxygens (including phenoxy) is 2. The van der Waals surface area contributed by atoms with Crippen LogP contribution >= 0.6 is 23.1 Å². The maximum atomic E-state index is 12.3. The molecule has 1 aliphatic heterocycles. The maximum absolute atomic E-state index is 12.3. The minimum Gasteiger partial charge on any atom is -0.454 e. The first-order chi connectivity index (χ1) is 15.9. The Balaban J connectivity index is 1.28. The molecule has 0 saturated carbocycles. The molecule has 33 heavy (non-hydrogen) atoms. The highest BCUT2D eigenvalue weighted by atomic mass is 32.2. The normalized spacial score (nSPS) is 12.5. The van der Waals surface area contributed by atoms with Crippen LogP contribution in [0.4, 0.5) is 10.8 Å². The van der Waals surface area contributed by atoms with Crippen LogP contribution in [0.2, 0.25) is 0 Å². The topological polar surface area (TPSA) is 111 Å². The zero-order valence-corrected chi connectivity index (χ0v) is 20.2. The van der Waals surface area contributed by atoms with E-state index in [1.165, 1.54) is 21.2 Å². The van der Waals surface area contributed by atoms with Crippen LogP contribution < -0.4 is 19.1 Å². The first kappa shape index (κ1) is 23.3. The van der Waals surface area contributed by atoms with E-state index < -0.39 is 10.0 Å². The van der Waals surface area contributed by atoms with E-state index in [1.54, 1.807) is 30.0 Å². The highest BCUT2D eigenvalue weighted by Gasteiger charge is 2.21. The van der Waals surface area contributed by atoms with Gasteiger partial charge < -0.3 is 14.8 Å². The summed E-state index contributed by atoms with van der Waals surface area (Å²) in [5, 5.41) is 11.3. The van der Waals surface area contributed by atoms with Gasteiger partial charge in [-0.05, 0) is 24.1 Å². The van der Waals surface area contributed by atoms with Crippen molar-refractivity contribution in [1.82, 2.24) is 10.2 Å². The fourth-order valence-electron chi connectivity index (χ4n) is 3.13. The molecule has 2 aromatic carbocycles. The number of hydrogen-bond acceptors (Lipinski definition) is 9. The number of hydrogen-bond donors (Lipinski definition) is 1. The summed E-state index contributed by atoms with van der Waals surface area (Å²) in [6, 6.07) is 15.0. The summed E-state index contributed by atoms with van der Waals surface area (Å²) in [6.45, 7) is 0.260. The molecule has 3 aromatic rings. The lowest BCUT2D eigenvalue weighted by Crippen LogP contribution is -2.31. The van der Waals surface area contributed by atoms with Crippen molar-refractivity contribution in [1.29, 1.82) is 0 Å². The molecule has 1 aromatic heterocycles. The number of nitrogens with one attached hydrogen (secondary N) is 1. The Hall–Kier alpha value is -2.83. The van der Waals surface area contributed by atoms with Crippen molar-refractivity contribution in [2.24, 2.45) is 0 Å². The number of carbonyl (C=O) groups is 1. The summed E-state index contributed by atoms with van der Waals surface area (Å²) in [4.78, 5) is 12.3. The van der Waals surface area contributed by atoms with Crippen LogP contribution in [0.25, 0.3) is 0 Å². The van der Waals surface area contributed by atoms with Gasteiger partial charge in [0.25, 0.3) is 0 Å². The van der Waals surface area contributed by atoms with Gasteiger partial charge in [-0.3, -0.25) is 9.10 Å². The lowest BCUT2D eigenvalue weighted by Gasteiger charge is -2.22. The van der Waals surface area contributed by atoms with Crippen LogP contribution in [0.5, 0.6) is 11.5 Å². The Bertz CT molecular complexity index is 1220. The van der Waals surface area contributed by atoms with E-state index in [0.29, 0.717) is 28.7 Å². The van der Waals surface area contributed by atoms with E-state index in [0.717, 1.165) is 16.3 Å². The number of thioether (sulfide) groups is 1. The third-order valence-electron chi connectivity index (χ3n) is 4.67. The van der Waals surface area contributed by atoms with Crippen molar-refractivity contribution in [3.8, 4) is 11.5 Å². The SMILES string of the molecule is CS(=O)(=O)N(CCCC(=O)Nc1nnc(SCc2ccccc2)s1)c1ccc2c(c1)OCO2. The Morgan fingerprint density at radius 2 is 1.94 bits per heavy atom. The summed E-state index contributed by atoms with van der Waals surface area (Å²) < 4.78 is 37.2. The van der Waals surface area contributed by atoms with Crippen LogP contribution in [-0.4, -0.2) is 44.1 Å². The molecule has 2 heterocycles. The van der Waals surface area contributed by atoms with Crippen molar-refractivity contribution in [3.05, 3.63) is 54.1 Å². The zero-order chi connectivity index (χ0) is 23.3. The second kappa shape index (κ2) is 10.4. The Labute approximate surface area is 200 Å². The number of carbonyl (C=O) groups excluding carboxylic acids is 1. The summed E-state index contributed by atoms with van der Waals surface area (Å²) in [6.07, 6.45) is 1.61. The van der Waals surface area contributed by atoms with Gasteiger partial charge in [-0.25, -0.2) is 8.42 Å². The van der Waals surface area contributed by atoms with Crippen molar-refractivity contribution in [2.45, 2.75) is 22.9 Å². The van der Waals surface area contributed by atoms with Crippen molar-refractivity contribution >= 4 is 49.8 Å². The molecule has 0 aliphatic carbocycles. The standard InChI is InChI=1S/C21H22N4O5S3/c1-33(27,28)25(16-9-10-17-18(12-16)30-14-29-17)11-5-8-19(26)22-20-23-24-21(32-20)31-13-15-6-3-2-4-7-15/h2-4,6-7,9-10,12H,5,8,11,13-14H2,1H3,(H,22,23,26). The molecule has 0 saturated heterocycles. The van der Waals surface area contributed by atoms with Crippen LogP contribution in [-0.2, 0) is 20.6 Å². The fraction of sp³-hybridized carbons (Fsp3) is 0.286. The van der Waals surface area contributed by atoms with Gasteiger partial charge in [0.05, 0.1) is 11.9 Å². The quantitative estimate of drug-likeness (QED) is 0.327. The van der Waals surface area contributed by atoms with Gasteiger partial charge in [-0.15, -0.1) is 10.2 Å². The smallest absolute Gasteiger partial charge is 0.232 e. The van der Waals surface area contributed by atoms with Gasteiger partial charge in [-0.1, -0.05) is 53.4 Å². The molecule has 4 rings (SSSR count). The Morgan fingerprint density at radius 3 is 2.73 bits per heavy atom. The third kappa shape index (κ3) is 6.36. The fourth-order valence-corrected chi connectivity index (χ4v) is 5.81. The highest BCUT2D eigenvalue weighted by molar-refractivity contribution is 8.00. The maximum Gasteiger partial charge on any atom is 0.232 e. The number of rotatable bonds is 10. The Kier molecular flexibility index (Phi) is 7.36. The monoisotopic (exact) mass is 506 g/mol. The second-order valence-corrected chi connectivity index (χ2v) is 11.3. The molecule has 0 atom stereocenters. The molecule has 1 amide bonds. The van der Waals surface area contributed by atoms with E-state index in [9.17, 15) is 13.2 Å². The summed E-state index contributed by atoms with van der Waals surface area (Å²) in [5.41, 5.74) is 1.65. The molecule has 0 bridgehead atoms. The summed E-state index contributed by atoms with van der Waals surface area (Å²) in [7, 11) is -3.54. The number of anilines is 2. The molecule has 174 valence electrons. The zero-order valence-electron chi connectivity index (χ0n) is 17.8. The van der Waals surface area contributed by atoms with E-state index >= 15 is 0 Å². The average molecular weight is 507 g/mol. The van der Waals surface area contributed by atoms with Gasteiger partial charge in [0.15, 0.2) is 15.8 Å². The molecular formula is C21H22N4O5S3. The van der Waals surface area contributed by atoms with Gasteiger partial charge in [0.2, 0.25) is 27.9 Å². The molecular weight excluding hydrogens is 484 g/mol. The van der Waals surface area contributed by atoms with Crippen LogP contribution in [0.1, 0.15) is 18.4 Å². The number of benzene rings is 2. The van der Waals surface area contributed by atoms with Gasteiger partial charge in [0.1, 0.15) is 0 Å². The van der Waals surface area contributed by atoms with Crippen LogP contribution in [0.3, 0.4) is 0 Å². The molecule has 1 aliphatic rings. The first-order valence-electron chi connectivity index (χ1n) is 10.1. The number of aromatic nitrogens is 2. The minimum absolute atomic E-state index is 0.107. The first-order valence-corrected chi connectivity index (χ1v) is 13.7. The van der Waals surface area contributed by atoms with E-state index in [-0.39, 0.29) is 25.7 Å². The Morgan fingerprint density at radius 1 is 1.15 bits per heavy atom. The molecule has 0 unspecified atom stereocenters. The molecule has 0 fully saturated rings.